The maximum atomic E-state index is 11.5. The first-order valence-corrected chi connectivity index (χ1v) is 5.99. The van der Waals surface area contributed by atoms with Crippen LogP contribution in [0.1, 0.15) is 25.3 Å². The zero-order chi connectivity index (χ0) is 13.3. The zero-order valence-corrected chi connectivity index (χ0v) is 11.0. The molecule has 0 unspecified atom stereocenters. The van der Waals surface area contributed by atoms with Gasteiger partial charge in [0.25, 0.3) is 0 Å². The first kappa shape index (κ1) is 12.9. The Labute approximate surface area is 110 Å². The molecule has 2 amide bonds. The molecule has 1 aliphatic heterocycles. The fraction of sp³-hybridized carbons (Fsp3) is 0.385. The highest BCUT2D eigenvalue weighted by Crippen LogP contribution is 2.40. The average Bonchev–Trinajstić information content (AvgIpc) is 2.27. The summed E-state index contributed by atoms with van der Waals surface area (Å²) < 4.78 is 5.29. The van der Waals surface area contributed by atoms with Gasteiger partial charge in [-0.2, -0.15) is 0 Å². The van der Waals surface area contributed by atoms with Crippen LogP contribution in [0.25, 0.3) is 0 Å². The van der Waals surface area contributed by atoms with Gasteiger partial charge in [0, 0.05) is 28.8 Å². The van der Waals surface area contributed by atoms with Gasteiger partial charge in [0.2, 0.25) is 11.8 Å². The molecule has 0 radical (unpaired) electrons. The van der Waals surface area contributed by atoms with E-state index in [1.807, 2.05) is 6.92 Å². The SMILES string of the molecule is COc1ccc(Cl)cc1C1(C)CC(=O)NC(=O)C1. The second kappa shape index (κ2) is 4.61. The molecule has 1 aromatic rings. The Morgan fingerprint density at radius 2 is 1.89 bits per heavy atom. The van der Waals surface area contributed by atoms with Crippen LogP contribution in [0, 0.1) is 0 Å². The molecule has 0 aliphatic carbocycles. The highest BCUT2D eigenvalue weighted by molar-refractivity contribution is 6.30. The Hall–Kier alpha value is -1.55. The van der Waals surface area contributed by atoms with E-state index in [0.717, 1.165) is 5.56 Å². The van der Waals surface area contributed by atoms with Gasteiger partial charge in [-0.1, -0.05) is 18.5 Å². The van der Waals surface area contributed by atoms with Crippen LogP contribution in [0.5, 0.6) is 5.75 Å². The van der Waals surface area contributed by atoms with Crippen LogP contribution in [-0.2, 0) is 15.0 Å². The van der Waals surface area contributed by atoms with Gasteiger partial charge in [-0.25, -0.2) is 0 Å². The van der Waals surface area contributed by atoms with E-state index >= 15 is 0 Å². The molecule has 1 heterocycles. The molecule has 1 saturated heterocycles. The Morgan fingerprint density at radius 3 is 2.44 bits per heavy atom. The lowest BCUT2D eigenvalue weighted by atomic mass is 9.74. The van der Waals surface area contributed by atoms with Gasteiger partial charge in [-0.15, -0.1) is 0 Å². The largest absolute Gasteiger partial charge is 0.496 e. The molecule has 1 aromatic carbocycles. The Kier molecular flexibility index (Phi) is 3.30. The van der Waals surface area contributed by atoms with E-state index in [4.69, 9.17) is 16.3 Å². The summed E-state index contributed by atoms with van der Waals surface area (Å²) in [5.41, 5.74) is 0.219. The maximum Gasteiger partial charge on any atom is 0.227 e. The number of methoxy groups -OCH3 is 1. The number of amides is 2. The van der Waals surface area contributed by atoms with Gasteiger partial charge in [-0.3, -0.25) is 14.9 Å². The molecular formula is C13H14ClNO3. The number of imide groups is 1. The topological polar surface area (TPSA) is 55.4 Å². The molecule has 5 heteroatoms. The van der Waals surface area contributed by atoms with E-state index in [2.05, 4.69) is 5.32 Å². The highest BCUT2D eigenvalue weighted by atomic mass is 35.5. The van der Waals surface area contributed by atoms with Gasteiger partial charge >= 0.3 is 0 Å². The number of ether oxygens (including phenoxy) is 1. The van der Waals surface area contributed by atoms with E-state index < -0.39 is 5.41 Å². The van der Waals surface area contributed by atoms with E-state index in [-0.39, 0.29) is 24.7 Å². The number of piperidine rings is 1. The quantitative estimate of drug-likeness (QED) is 0.835. The van der Waals surface area contributed by atoms with Gasteiger partial charge in [0.1, 0.15) is 5.75 Å². The second-order valence-electron chi connectivity index (χ2n) is 4.73. The number of hydrogen-bond donors (Lipinski definition) is 1. The van der Waals surface area contributed by atoms with Crippen molar-refractivity contribution in [1.82, 2.24) is 5.32 Å². The van der Waals surface area contributed by atoms with E-state index in [9.17, 15) is 9.59 Å². The monoisotopic (exact) mass is 267 g/mol. The molecule has 1 fully saturated rings. The van der Waals surface area contributed by atoms with Crippen molar-refractivity contribution in [3.8, 4) is 5.75 Å². The molecule has 0 aromatic heterocycles. The fourth-order valence-electron chi connectivity index (χ4n) is 2.36. The first-order valence-electron chi connectivity index (χ1n) is 5.61. The Bertz CT molecular complexity index is 497. The molecule has 1 N–H and O–H groups in total. The summed E-state index contributed by atoms with van der Waals surface area (Å²) >= 11 is 5.99. The normalized spacial score (nSPS) is 18.4. The molecule has 0 bridgehead atoms. The average molecular weight is 268 g/mol. The number of carbonyl (C=O) groups excluding carboxylic acids is 2. The van der Waals surface area contributed by atoms with Crippen molar-refractivity contribution in [2.75, 3.05) is 7.11 Å². The summed E-state index contributed by atoms with van der Waals surface area (Å²) in [4.78, 5) is 23.1. The van der Waals surface area contributed by atoms with Gasteiger partial charge in [0.15, 0.2) is 0 Å². The minimum atomic E-state index is -0.574. The van der Waals surface area contributed by atoms with Crippen molar-refractivity contribution >= 4 is 23.4 Å². The van der Waals surface area contributed by atoms with Crippen LogP contribution in [-0.4, -0.2) is 18.9 Å². The summed E-state index contributed by atoms with van der Waals surface area (Å²) in [7, 11) is 1.56. The number of nitrogens with one attached hydrogen (secondary N) is 1. The molecule has 4 nitrogen and oxygen atoms in total. The third-order valence-electron chi connectivity index (χ3n) is 3.19. The zero-order valence-electron chi connectivity index (χ0n) is 10.2. The van der Waals surface area contributed by atoms with Crippen molar-refractivity contribution in [2.24, 2.45) is 0 Å². The molecule has 0 saturated carbocycles. The Balaban J connectivity index is 2.48. The number of hydrogen-bond acceptors (Lipinski definition) is 3. The number of carbonyl (C=O) groups is 2. The van der Waals surface area contributed by atoms with Crippen LogP contribution in [0.3, 0.4) is 0 Å². The van der Waals surface area contributed by atoms with Crippen molar-refractivity contribution in [2.45, 2.75) is 25.2 Å². The number of halogens is 1. The molecule has 96 valence electrons. The standard InChI is InChI=1S/C13H14ClNO3/c1-13(6-11(16)15-12(17)7-13)9-5-8(14)3-4-10(9)18-2/h3-5H,6-7H2,1-2H3,(H,15,16,17). The predicted molar refractivity (Wildman–Crippen MR) is 67.7 cm³/mol. The van der Waals surface area contributed by atoms with E-state index in [0.29, 0.717) is 10.8 Å². The summed E-state index contributed by atoms with van der Waals surface area (Å²) in [5, 5.41) is 2.87. The summed E-state index contributed by atoms with van der Waals surface area (Å²) in [6.07, 6.45) is 0.491. The minimum Gasteiger partial charge on any atom is -0.496 e. The molecule has 0 spiro atoms. The number of rotatable bonds is 2. The third kappa shape index (κ3) is 2.34. The van der Waals surface area contributed by atoms with Crippen LogP contribution in [0.2, 0.25) is 5.02 Å². The van der Waals surface area contributed by atoms with Crippen molar-refractivity contribution < 1.29 is 14.3 Å². The highest BCUT2D eigenvalue weighted by Gasteiger charge is 2.39. The summed E-state index contributed by atoms with van der Waals surface area (Å²) in [6.45, 7) is 1.87. The van der Waals surface area contributed by atoms with Gasteiger partial charge < -0.3 is 4.74 Å². The summed E-state index contributed by atoms with van der Waals surface area (Å²) in [6, 6.07) is 5.23. The molecular weight excluding hydrogens is 254 g/mol. The molecule has 2 rings (SSSR count). The summed E-state index contributed by atoms with van der Waals surface area (Å²) in [5.74, 6) is 0.107. The van der Waals surface area contributed by atoms with Gasteiger partial charge in [0.05, 0.1) is 7.11 Å². The van der Waals surface area contributed by atoms with Crippen molar-refractivity contribution in [3.05, 3.63) is 28.8 Å². The van der Waals surface area contributed by atoms with Gasteiger partial charge in [-0.05, 0) is 18.2 Å². The molecule has 18 heavy (non-hydrogen) atoms. The second-order valence-corrected chi connectivity index (χ2v) is 5.17. The van der Waals surface area contributed by atoms with Crippen LogP contribution in [0.15, 0.2) is 18.2 Å². The van der Waals surface area contributed by atoms with Crippen LogP contribution >= 0.6 is 11.6 Å². The predicted octanol–water partition coefficient (Wildman–Crippen LogP) is 2.04. The van der Waals surface area contributed by atoms with E-state index in [1.54, 1.807) is 25.3 Å². The van der Waals surface area contributed by atoms with Crippen molar-refractivity contribution in [3.63, 3.8) is 0 Å². The minimum absolute atomic E-state index is 0.245. The molecule has 1 aliphatic rings. The Morgan fingerprint density at radius 1 is 1.28 bits per heavy atom. The lowest BCUT2D eigenvalue weighted by Crippen LogP contribution is -2.45. The smallest absolute Gasteiger partial charge is 0.227 e. The van der Waals surface area contributed by atoms with Crippen molar-refractivity contribution in [1.29, 1.82) is 0 Å². The third-order valence-corrected chi connectivity index (χ3v) is 3.43. The fourth-order valence-corrected chi connectivity index (χ4v) is 2.53. The molecule has 0 atom stereocenters. The van der Waals surface area contributed by atoms with E-state index in [1.165, 1.54) is 0 Å². The lowest BCUT2D eigenvalue weighted by molar-refractivity contribution is -0.135. The van der Waals surface area contributed by atoms with Crippen LogP contribution in [0.4, 0.5) is 0 Å². The number of benzene rings is 1. The first-order chi connectivity index (χ1) is 8.44. The maximum absolute atomic E-state index is 11.5. The lowest BCUT2D eigenvalue weighted by Gasteiger charge is -2.33. The van der Waals surface area contributed by atoms with Crippen LogP contribution < -0.4 is 10.1 Å².